The van der Waals surface area contributed by atoms with E-state index in [0.717, 1.165) is 47.9 Å². The second-order valence-electron chi connectivity index (χ2n) is 7.43. The zero-order valence-electron chi connectivity index (χ0n) is 15.6. The molecule has 2 heterocycles. The SMILES string of the molecule is CC(c1ccc(Br)cc1)N1CCCC(n2c(=O)[nH]c3cc(Cl)c(Cl)cc32)CC1. The van der Waals surface area contributed by atoms with Gasteiger partial charge in [-0.3, -0.25) is 9.47 Å². The van der Waals surface area contributed by atoms with Crippen molar-refractivity contribution in [1.82, 2.24) is 14.5 Å². The molecule has 7 heteroatoms. The highest BCUT2D eigenvalue weighted by atomic mass is 79.9. The fourth-order valence-corrected chi connectivity index (χ4v) is 4.77. The average Bonchev–Trinajstić information content (AvgIpc) is 2.84. The van der Waals surface area contributed by atoms with E-state index in [2.05, 4.69) is 57.0 Å². The van der Waals surface area contributed by atoms with Crippen LogP contribution >= 0.6 is 39.1 Å². The Morgan fingerprint density at radius 1 is 1.11 bits per heavy atom. The van der Waals surface area contributed by atoms with Gasteiger partial charge in [-0.05, 0) is 62.6 Å². The zero-order chi connectivity index (χ0) is 19.8. The predicted molar refractivity (Wildman–Crippen MR) is 120 cm³/mol. The molecule has 0 saturated carbocycles. The number of likely N-dealkylation sites (tertiary alicyclic amines) is 1. The average molecular weight is 483 g/mol. The van der Waals surface area contributed by atoms with E-state index in [1.54, 1.807) is 12.1 Å². The number of rotatable bonds is 3. The highest BCUT2D eigenvalue weighted by Gasteiger charge is 2.25. The van der Waals surface area contributed by atoms with Crippen LogP contribution in [0, 0.1) is 0 Å². The first kappa shape index (κ1) is 20.0. The Hall–Kier alpha value is -1.27. The van der Waals surface area contributed by atoms with E-state index in [1.165, 1.54) is 5.56 Å². The van der Waals surface area contributed by atoms with Crippen molar-refractivity contribution in [2.24, 2.45) is 0 Å². The summed E-state index contributed by atoms with van der Waals surface area (Å²) in [6.07, 6.45) is 2.94. The number of benzene rings is 2. The summed E-state index contributed by atoms with van der Waals surface area (Å²) in [5.41, 5.74) is 2.79. The van der Waals surface area contributed by atoms with Crippen LogP contribution in [0.3, 0.4) is 0 Å². The summed E-state index contributed by atoms with van der Waals surface area (Å²) >= 11 is 15.8. The fourth-order valence-electron chi connectivity index (χ4n) is 4.18. The van der Waals surface area contributed by atoms with Crippen molar-refractivity contribution >= 4 is 50.2 Å². The van der Waals surface area contributed by atoms with Crippen LogP contribution in [0.4, 0.5) is 0 Å². The van der Waals surface area contributed by atoms with Crippen molar-refractivity contribution < 1.29 is 0 Å². The molecule has 28 heavy (non-hydrogen) atoms. The number of fused-ring (bicyclic) bond motifs is 1. The maximum atomic E-state index is 12.6. The summed E-state index contributed by atoms with van der Waals surface area (Å²) in [5, 5.41) is 0.930. The van der Waals surface area contributed by atoms with E-state index < -0.39 is 0 Å². The number of imidazole rings is 1. The van der Waals surface area contributed by atoms with Gasteiger partial charge in [-0.1, -0.05) is 51.3 Å². The van der Waals surface area contributed by atoms with Gasteiger partial charge >= 0.3 is 5.69 Å². The number of nitrogens with one attached hydrogen (secondary N) is 1. The standard InChI is InChI=1S/C21H22BrCl2N3O/c1-13(14-4-6-15(22)7-5-14)26-9-2-3-16(8-10-26)27-20-12-18(24)17(23)11-19(20)25-21(27)28/h4-7,11-13,16H,2-3,8-10H2,1H3,(H,25,28). The number of hydrogen-bond donors (Lipinski definition) is 1. The van der Waals surface area contributed by atoms with Crippen LogP contribution in [0.1, 0.15) is 43.8 Å². The molecule has 0 bridgehead atoms. The molecule has 1 aliphatic heterocycles. The summed E-state index contributed by atoms with van der Waals surface area (Å²) in [4.78, 5) is 18.1. The van der Waals surface area contributed by atoms with Gasteiger partial charge in [-0.2, -0.15) is 0 Å². The zero-order valence-corrected chi connectivity index (χ0v) is 18.7. The van der Waals surface area contributed by atoms with E-state index in [9.17, 15) is 4.79 Å². The molecule has 3 aromatic rings. The summed E-state index contributed by atoms with van der Waals surface area (Å²) < 4.78 is 2.96. The second kappa shape index (κ2) is 8.23. The Morgan fingerprint density at radius 2 is 1.82 bits per heavy atom. The summed E-state index contributed by atoms with van der Waals surface area (Å²) in [5.74, 6) is 0. The Balaban J connectivity index is 1.57. The molecule has 1 N–H and O–H groups in total. The summed E-state index contributed by atoms with van der Waals surface area (Å²) in [6, 6.07) is 12.6. The molecular formula is C21H22BrCl2N3O. The Kier molecular flexibility index (Phi) is 5.88. The predicted octanol–water partition coefficient (Wildman–Crippen LogP) is 6.19. The van der Waals surface area contributed by atoms with Crippen LogP contribution in [0.5, 0.6) is 0 Å². The first-order valence-corrected chi connectivity index (χ1v) is 11.1. The Bertz CT molecular complexity index is 1040. The molecule has 0 amide bonds. The van der Waals surface area contributed by atoms with Crippen LogP contribution in [0.25, 0.3) is 11.0 Å². The van der Waals surface area contributed by atoms with Gasteiger partial charge in [-0.15, -0.1) is 0 Å². The fraction of sp³-hybridized carbons (Fsp3) is 0.381. The minimum Gasteiger partial charge on any atom is -0.305 e. The summed E-state index contributed by atoms with van der Waals surface area (Å²) in [7, 11) is 0. The van der Waals surface area contributed by atoms with Crippen LogP contribution in [-0.4, -0.2) is 27.5 Å². The lowest BCUT2D eigenvalue weighted by molar-refractivity contribution is 0.216. The van der Waals surface area contributed by atoms with Gasteiger partial charge in [0.15, 0.2) is 0 Å². The van der Waals surface area contributed by atoms with E-state index in [0.29, 0.717) is 16.1 Å². The second-order valence-corrected chi connectivity index (χ2v) is 9.16. The maximum absolute atomic E-state index is 12.6. The minimum absolute atomic E-state index is 0.0901. The molecule has 2 unspecified atom stereocenters. The molecule has 4 nitrogen and oxygen atoms in total. The number of halogens is 3. The third-order valence-corrected chi connectivity index (χ3v) is 7.01. The first-order chi connectivity index (χ1) is 13.4. The molecule has 0 radical (unpaired) electrons. The van der Waals surface area contributed by atoms with Gasteiger partial charge in [-0.25, -0.2) is 4.79 Å². The first-order valence-electron chi connectivity index (χ1n) is 9.53. The lowest BCUT2D eigenvalue weighted by Gasteiger charge is -2.28. The minimum atomic E-state index is -0.0901. The molecule has 148 valence electrons. The van der Waals surface area contributed by atoms with E-state index in [-0.39, 0.29) is 11.7 Å². The van der Waals surface area contributed by atoms with E-state index in [1.807, 2.05) is 4.57 Å². The van der Waals surface area contributed by atoms with E-state index >= 15 is 0 Å². The van der Waals surface area contributed by atoms with Gasteiger partial charge in [0.1, 0.15) is 0 Å². The highest BCUT2D eigenvalue weighted by molar-refractivity contribution is 9.10. The number of aromatic amines is 1. The topological polar surface area (TPSA) is 41.0 Å². The Morgan fingerprint density at radius 3 is 2.57 bits per heavy atom. The molecule has 0 aliphatic carbocycles. The molecule has 2 aromatic carbocycles. The number of hydrogen-bond acceptors (Lipinski definition) is 2. The quantitative estimate of drug-likeness (QED) is 0.483. The largest absolute Gasteiger partial charge is 0.326 e. The molecule has 1 saturated heterocycles. The van der Waals surface area contributed by atoms with Gasteiger partial charge < -0.3 is 4.98 Å². The number of nitrogens with zero attached hydrogens (tertiary/aromatic N) is 2. The van der Waals surface area contributed by atoms with Crippen molar-refractivity contribution in [3.8, 4) is 0 Å². The lowest BCUT2D eigenvalue weighted by atomic mass is 10.1. The monoisotopic (exact) mass is 481 g/mol. The highest BCUT2D eigenvalue weighted by Crippen LogP contribution is 2.32. The normalized spacial score (nSPS) is 19.6. The number of H-pyrrole nitrogens is 1. The molecule has 1 fully saturated rings. The van der Waals surface area contributed by atoms with Crippen molar-refractivity contribution in [3.05, 3.63) is 67.0 Å². The maximum Gasteiger partial charge on any atom is 0.326 e. The number of aromatic nitrogens is 2. The smallest absolute Gasteiger partial charge is 0.305 e. The van der Waals surface area contributed by atoms with Crippen LogP contribution in [0.15, 0.2) is 45.7 Å². The third kappa shape index (κ3) is 3.90. The van der Waals surface area contributed by atoms with Crippen molar-refractivity contribution in [2.75, 3.05) is 13.1 Å². The molecule has 2 atom stereocenters. The van der Waals surface area contributed by atoms with Gasteiger partial charge in [0.05, 0.1) is 21.1 Å². The van der Waals surface area contributed by atoms with Crippen molar-refractivity contribution in [1.29, 1.82) is 0 Å². The third-order valence-electron chi connectivity index (χ3n) is 5.76. The molecule has 4 rings (SSSR count). The van der Waals surface area contributed by atoms with Gasteiger partial charge in [0, 0.05) is 23.1 Å². The Labute approximate surface area is 182 Å². The molecule has 1 aliphatic rings. The van der Waals surface area contributed by atoms with Gasteiger partial charge in [0.2, 0.25) is 0 Å². The molecule has 0 spiro atoms. The molecular weight excluding hydrogens is 461 g/mol. The van der Waals surface area contributed by atoms with Crippen molar-refractivity contribution in [3.63, 3.8) is 0 Å². The van der Waals surface area contributed by atoms with Crippen LogP contribution < -0.4 is 5.69 Å². The lowest BCUT2D eigenvalue weighted by Crippen LogP contribution is -2.29. The van der Waals surface area contributed by atoms with Crippen LogP contribution in [0.2, 0.25) is 10.0 Å². The molecule has 1 aromatic heterocycles. The van der Waals surface area contributed by atoms with Crippen molar-refractivity contribution in [2.45, 2.75) is 38.3 Å². The summed E-state index contributed by atoms with van der Waals surface area (Å²) in [6.45, 7) is 4.23. The van der Waals surface area contributed by atoms with Gasteiger partial charge in [0.25, 0.3) is 0 Å². The van der Waals surface area contributed by atoms with Crippen LogP contribution in [-0.2, 0) is 0 Å². The van der Waals surface area contributed by atoms with E-state index in [4.69, 9.17) is 23.2 Å².